The first-order valence-corrected chi connectivity index (χ1v) is 4.88. The van der Waals surface area contributed by atoms with E-state index in [9.17, 15) is 26.7 Å². The second-order valence-electron chi connectivity index (χ2n) is 3.51. The molecule has 0 radical (unpaired) electrons. The third kappa shape index (κ3) is 3.52. The van der Waals surface area contributed by atoms with Gasteiger partial charge in [-0.25, -0.2) is 13.8 Å². The van der Waals surface area contributed by atoms with Gasteiger partial charge in [-0.2, -0.15) is 13.2 Å². The zero-order valence-corrected chi connectivity index (χ0v) is 9.59. The number of esters is 1. The summed E-state index contributed by atoms with van der Waals surface area (Å²) in [6, 6.07) is 0.200. The lowest BCUT2D eigenvalue weighted by Gasteiger charge is -2.14. The van der Waals surface area contributed by atoms with Crippen LogP contribution >= 0.6 is 0 Å². The van der Waals surface area contributed by atoms with Gasteiger partial charge in [0, 0.05) is 0 Å². The summed E-state index contributed by atoms with van der Waals surface area (Å²) >= 11 is 0. The van der Waals surface area contributed by atoms with Gasteiger partial charge in [0.2, 0.25) is 0 Å². The monoisotopic (exact) mass is 284 g/mol. The number of anilines is 1. The Morgan fingerprint density at radius 1 is 1.47 bits per heavy atom. The number of pyridine rings is 1. The number of alkyl halides is 5. The standard InChI is InChI=1S/C10H9F5N2O2/c1-19-7(18)3-6-5(10(13,14)15)2-4(8(11)12)9(16)17-6/h2,8H,3H2,1H3,(H2,16,17). The van der Waals surface area contributed by atoms with E-state index < -0.39 is 47.6 Å². The van der Waals surface area contributed by atoms with Crippen LogP contribution in [0.15, 0.2) is 6.07 Å². The van der Waals surface area contributed by atoms with Crippen LogP contribution in [0.5, 0.6) is 0 Å². The first-order chi connectivity index (χ1) is 8.66. The van der Waals surface area contributed by atoms with Gasteiger partial charge in [0.25, 0.3) is 6.43 Å². The molecule has 0 spiro atoms. The number of carbonyl (C=O) groups excluding carboxylic acids is 1. The Kier molecular flexibility index (Phi) is 4.28. The smallest absolute Gasteiger partial charge is 0.418 e. The Bertz CT molecular complexity index is 488. The van der Waals surface area contributed by atoms with E-state index in [2.05, 4.69) is 9.72 Å². The van der Waals surface area contributed by atoms with Crippen molar-refractivity contribution in [1.82, 2.24) is 4.98 Å². The van der Waals surface area contributed by atoms with Gasteiger partial charge in [-0.3, -0.25) is 4.79 Å². The molecule has 0 atom stereocenters. The summed E-state index contributed by atoms with van der Waals surface area (Å²) < 4.78 is 67.3. The van der Waals surface area contributed by atoms with Crippen LogP contribution in [0.4, 0.5) is 27.8 Å². The van der Waals surface area contributed by atoms with Crippen molar-refractivity contribution < 1.29 is 31.5 Å². The summed E-state index contributed by atoms with van der Waals surface area (Å²) in [6.07, 6.45) is -8.92. The van der Waals surface area contributed by atoms with E-state index in [4.69, 9.17) is 5.73 Å². The summed E-state index contributed by atoms with van der Waals surface area (Å²) in [4.78, 5) is 14.2. The molecule has 1 heterocycles. The van der Waals surface area contributed by atoms with Gasteiger partial charge in [0.05, 0.1) is 30.4 Å². The highest BCUT2D eigenvalue weighted by Crippen LogP contribution is 2.35. The van der Waals surface area contributed by atoms with Crippen LogP contribution in [-0.4, -0.2) is 18.1 Å². The van der Waals surface area contributed by atoms with E-state index in [1.165, 1.54) is 0 Å². The predicted octanol–water partition coefficient (Wildman–Crippen LogP) is 2.34. The number of nitrogens with zero attached hydrogens (tertiary/aromatic N) is 1. The van der Waals surface area contributed by atoms with Crippen molar-refractivity contribution in [3.8, 4) is 0 Å². The van der Waals surface area contributed by atoms with Crippen LogP contribution in [0.1, 0.15) is 23.2 Å². The second-order valence-corrected chi connectivity index (χ2v) is 3.51. The van der Waals surface area contributed by atoms with Crippen LogP contribution in [0, 0.1) is 0 Å². The van der Waals surface area contributed by atoms with E-state index in [1.807, 2.05) is 0 Å². The molecule has 0 aliphatic rings. The summed E-state index contributed by atoms with van der Waals surface area (Å²) in [5, 5.41) is 0. The zero-order chi connectivity index (χ0) is 14.8. The Labute approximate surface area is 104 Å². The molecule has 0 aliphatic heterocycles. The Balaban J connectivity index is 3.37. The van der Waals surface area contributed by atoms with Gasteiger partial charge in [-0.1, -0.05) is 0 Å². The molecule has 19 heavy (non-hydrogen) atoms. The number of rotatable bonds is 3. The molecule has 0 fully saturated rings. The first-order valence-electron chi connectivity index (χ1n) is 4.88. The molecule has 1 rings (SSSR count). The Morgan fingerprint density at radius 2 is 2.05 bits per heavy atom. The molecule has 106 valence electrons. The molecular formula is C10H9F5N2O2. The van der Waals surface area contributed by atoms with Crippen molar-refractivity contribution in [2.45, 2.75) is 19.0 Å². The number of carbonyl (C=O) groups is 1. The summed E-state index contributed by atoms with van der Waals surface area (Å²) in [7, 11) is 0.979. The highest BCUT2D eigenvalue weighted by molar-refractivity contribution is 5.72. The number of aromatic nitrogens is 1. The average Bonchev–Trinajstić information content (AvgIpc) is 2.26. The van der Waals surface area contributed by atoms with Crippen molar-refractivity contribution in [1.29, 1.82) is 0 Å². The van der Waals surface area contributed by atoms with Crippen LogP contribution in [0.3, 0.4) is 0 Å². The van der Waals surface area contributed by atoms with Gasteiger partial charge in [-0.05, 0) is 6.07 Å². The quantitative estimate of drug-likeness (QED) is 0.683. The molecule has 0 saturated carbocycles. The largest absolute Gasteiger partial charge is 0.469 e. The number of nitrogen functional groups attached to an aromatic ring is 1. The molecule has 0 aromatic carbocycles. The molecule has 0 aliphatic carbocycles. The van der Waals surface area contributed by atoms with Gasteiger partial charge in [0.1, 0.15) is 5.82 Å². The molecule has 4 nitrogen and oxygen atoms in total. The van der Waals surface area contributed by atoms with E-state index >= 15 is 0 Å². The van der Waals surface area contributed by atoms with Crippen molar-refractivity contribution in [2.24, 2.45) is 0 Å². The maximum absolute atomic E-state index is 12.7. The second kappa shape index (κ2) is 5.37. The number of nitrogens with two attached hydrogens (primary N) is 1. The fourth-order valence-electron chi connectivity index (χ4n) is 1.35. The highest BCUT2D eigenvalue weighted by Gasteiger charge is 2.36. The number of ether oxygens (including phenoxy) is 1. The molecule has 1 aromatic rings. The SMILES string of the molecule is COC(=O)Cc1nc(N)c(C(F)F)cc1C(F)(F)F. The minimum Gasteiger partial charge on any atom is -0.469 e. The topological polar surface area (TPSA) is 65.2 Å². The normalized spacial score (nSPS) is 11.7. The maximum atomic E-state index is 12.7. The predicted molar refractivity (Wildman–Crippen MR) is 54.3 cm³/mol. The number of methoxy groups -OCH3 is 1. The zero-order valence-electron chi connectivity index (χ0n) is 9.59. The lowest BCUT2D eigenvalue weighted by atomic mass is 10.1. The fourth-order valence-corrected chi connectivity index (χ4v) is 1.35. The lowest BCUT2D eigenvalue weighted by molar-refractivity contribution is -0.141. The highest BCUT2D eigenvalue weighted by atomic mass is 19.4. The minimum absolute atomic E-state index is 0.200. The van der Waals surface area contributed by atoms with Gasteiger partial charge in [-0.15, -0.1) is 0 Å². The van der Waals surface area contributed by atoms with Crippen LogP contribution in [0.2, 0.25) is 0 Å². The van der Waals surface area contributed by atoms with E-state index in [0.717, 1.165) is 7.11 Å². The van der Waals surface area contributed by atoms with E-state index in [1.54, 1.807) is 0 Å². The summed E-state index contributed by atoms with van der Waals surface area (Å²) in [5.74, 6) is -1.73. The molecule has 0 amide bonds. The van der Waals surface area contributed by atoms with Crippen LogP contribution in [-0.2, 0) is 22.1 Å². The number of halogens is 5. The van der Waals surface area contributed by atoms with Gasteiger partial charge < -0.3 is 10.5 Å². The fraction of sp³-hybridized carbons (Fsp3) is 0.400. The average molecular weight is 284 g/mol. The Morgan fingerprint density at radius 3 is 2.47 bits per heavy atom. The number of hydrogen-bond donors (Lipinski definition) is 1. The van der Waals surface area contributed by atoms with Crippen LogP contribution in [0.25, 0.3) is 0 Å². The third-order valence-electron chi connectivity index (χ3n) is 2.24. The van der Waals surface area contributed by atoms with Crippen molar-refractivity contribution in [3.05, 3.63) is 22.9 Å². The first kappa shape index (κ1) is 15.1. The molecule has 1 aromatic heterocycles. The molecule has 0 bridgehead atoms. The van der Waals surface area contributed by atoms with Crippen molar-refractivity contribution in [3.63, 3.8) is 0 Å². The van der Waals surface area contributed by atoms with E-state index in [-0.39, 0.29) is 6.07 Å². The summed E-state index contributed by atoms with van der Waals surface area (Å²) in [6.45, 7) is 0. The molecular weight excluding hydrogens is 275 g/mol. The Hall–Kier alpha value is -1.93. The maximum Gasteiger partial charge on any atom is 0.418 e. The van der Waals surface area contributed by atoms with Crippen LogP contribution < -0.4 is 5.73 Å². The van der Waals surface area contributed by atoms with E-state index in [0.29, 0.717) is 0 Å². The van der Waals surface area contributed by atoms with Crippen molar-refractivity contribution in [2.75, 3.05) is 12.8 Å². The minimum atomic E-state index is -4.92. The third-order valence-corrected chi connectivity index (χ3v) is 2.24. The number of hydrogen-bond acceptors (Lipinski definition) is 4. The van der Waals surface area contributed by atoms with Gasteiger partial charge in [0.15, 0.2) is 0 Å². The molecule has 0 unspecified atom stereocenters. The van der Waals surface area contributed by atoms with Crippen molar-refractivity contribution >= 4 is 11.8 Å². The molecule has 9 heteroatoms. The van der Waals surface area contributed by atoms with Gasteiger partial charge >= 0.3 is 12.1 Å². The molecule has 2 N–H and O–H groups in total. The lowest BCUT2D eigenvalue weighted by Crippen LogP contribution is -2.17. The molecule has 0 saturated heterocycles. The summed E-state index contributed by atoms with van der Waals surface area (Å²) in [5.41, 5.74) is 1.94.